The van der Waals surface area contributed by atoms with Crippen molar-refractivity contribution in [1.29, 1.82) is 0 Å². The van der Waals surface area contributed by atoms with E-state index in [0.29, 0.717) is 30.5 Å². The molecule has 2 N–H and O–H groups in total. The molecule has 1 aliphatic rings. The Morgan fingerprint density at radius 2 is 2.20 bits per heavy atom. The molecule has 1 unspecified atom stereocenters. The Bertz CT molecular complexity index is 948. The molecule has 0 aliphatic carbocycles. The summed E-state index contributed by atoms with van der Waals surface area (Å²) in [6.45, 7) is 5.53. The molecular formula is C22H28N6O2. The largest absolute Gasteiger partial charge is 0.497 e. The monoisotopic (exact) mass is 408 g/mol. The molecule has 0 amide bonds. The highest BCUT2D eigenvalue weighted by Crippen LogP contribution is 2.28. The predicted octanol–water partition coefficient (Wildman–Crippen LogP) is 3.07. The number of likely N-dealkylation sites (tertiary alicyclic amines) is 1. The van der Waals surface area contributed by atoms with E-state index in [1.807, 2.05) is 24.3 Å². The first-order valence-corrected chi connectivity index (χ1v) is 10.4. The van der Waals surface area contributed by atoms with Gasteiger partial charge < -0.3 is 19.4 Å². The molecule has 3 heterocycles. The zero-order chi connectivity index (χ0) is 20.8. The molecule has 1 fully saturated rings. The highest BCUT2D eigenvalue weighted by atomic mass is 16.5. The number of hydrogen-bond donors (Lipinski definition) is 2. The van der Waals surface area contributed by atoms with Crippen LogP contribution in [0.5, 0.6) is 5.75 Å². The Kier molecular flexibility index (Phi) is 6.32. The van der Waals surface area contributed by atoms with Crippen LogP contribution in [0, 0.1) is 0 Å². The maximum absolute atomic E-state index is 5.34. The van der Waals surface area contributed by atoms with Crippen LogP contribution in [-0.2, 0) is 6.42 Å². The van der Waals surface area contributed by atoms with Crippen molar-refractivity contribution in [2.75, 3.05) is 33.3 Å². The Hall–Kier alpha value is -3.29. The molecule has 0 bridgehead atoms. The van der Waals surface area contributed by atoms with E-state index in [4.69, 9.17) is 14.1 Å². The van der Waals surface area contributed by atoms with Gasteiger partial charge >= 0.3 is 0 Å². The minimum atomic E-state index is 0.505. The van der Waals surface area contributed by atoms with Crippen molar-refractivity contribution in [3.05, 3.63) is 54.0 Å². The summed E-state index contributed by atoms with van der Waals surface area (Å²) in [7, 11) is 1.70. The van der Waals surface area contributed by atoms with Crippen LogP contribution in [0.1, 0.15) is 30.7 Å². The number of rotatable bonds is 7. The van der Waals surface area contributed by atoms with Crippen LogP contribution in [0.15, 0.2) is 52.1 Å². The van der Waals surface area contributed by atoms with Gasteiger partial charge in [-0.3, -0.25) is 10.1 Å². The van der Waals surface area contributed by atoms with Gasteiger partial charge in [-0.25, -0.2) is 4.98 Å². The summed E-state index contributed by atoms with van der Waals surface area (Å²) < 4.78 is 10.6. The molecule has 158 valence electrons. The van der Waals surface area contributed by atoms with Crippen LogP contribution >= 0.6 is 0 Å². The molecule has 4 rings (SSSR count). The smallest absolute Gasteiger partial charge is 0.216 e. The average molecular weight is 409 g/mol. The maximum atomic E-state index is 5.34. The molecule has 0 saturated carbocycles. The Morgan fingerprint density at radius 3 is 2.93 bits per heavy atom. The van der Waals surface area contributed by atoms with Gasteiger partial charge in [0, 0.05) is 38.5 Å². The molecule has 8 nitrogen and oxygen atoms in total. The average Bonchev–Trinajstić information content (AvgIpc) is 3.54. The topological polar surface area (TPSA) is 91.6 Å². The predicted molar refractivity (Wildman–Crippen MR) is 116 cm³/mol. The molecule has 8 heteroatoms. The molecule has 3 aromatic rings. The van der Waals surface area contributed by atoms with Crippen molar-refractivity contribution in [2.45, 2.75) is 25.7 Å². The van der Waals surface area contributed by atoms with E-state index in [0.717, 1.165) is 43.6 Å². The lowest BCUT2D eigenvalue weighted by atomic mass is 9.98. The number of ether oxygens (including phenoxy) is 1. The van der Waals surface area contributed by atoms with E-state index in [1.165, 1.54) is 5.56 Å². The number of aliphatic imine (C=N–C) groups is 1. The van der Waals surface area contributed by atoms with E-state index >= 15 is 0 Å². The third-order valence-corrected chi connectivity index (χ3v) is 5.29. The van der Waals surface area contributed by atoms with E-state index in [-0.39, 0.29) is 0 Å². The van der Waals surface area contributed by atoms with E-state index in [9.17, 15) is 0 Å². The zero-order valence-corrected chi connectivity index (χ0v) is 17.5. The quantitative estimate of drug-likeness (QED) is 0.461. The number of hydrogen-bond acceptors (Lipinski definition) is 5. The lowest BCUT2D eigenvalue weighted by Crippen LogP contribution is -2.40. The number of nitrogens with one attached hydrogen (secondary N) is 2. The van der Waals surface area contributed by atoms with Crippen molar-refractivity contribution >= 4 is 5.96 Å². The van der Waals surface area contributed by atoms with Gasteiger partial charge in [0.25, 0.3) is 0 Å². The highest BCUT2D eigenvalue weighted by molar-refractivity contribution is 5.80. The second kappa shape index (κ2) is 9.47. The maximum Gasteiger partial charge on any atom is 0.216 e. The molecule has 1 saturated heterocycles. The number of aromatic amines is 1. The lowest BCUT2D eigenvalue weighted by Gasteiger charge is -2.21. The van der Waals surface area contributed by atoms with Crippen molar-refractivity contribution in [1.82, 2.24) is 25.4 Å². The molecule has 1 atom stereocenters. The van der Waals surface area contributed by atoms with Gasteiger partial charge in [-0.15, -0.1) is 0 Å². The Labute approximate surface area is 176 Å². The van der Waals surface area contributed by atoms with Crippen LogP contribution in [0.4, 0.5) is 0 Å². The molecule has 2 aromatic heterocycles. The minimum absolute atomic E-state index is 0.505. The van der Waals surface area contributed by atoms with Crippen molar-refractivity contribution < 1.29 is 9.15 Å². The first-order chi connectivity index (χ1) is 14.8. The van der Waals surface area contributed by atoms with Gasteiger partial charge in [-0.05, 0) is 43.2 Å². The fourth-order valence-electron chi connectivity index (χ4n) is 3.72. The van der Waals surface area contributed by atoms with Gasteiger partial charge in [0.1, 0.15) is 11.6 Å². The Balaban J connectivity index is 1.35. The highest BCUT2D eigenvalue weighted by Gasteiger charge is 2.26. The molecule has 0 spiro atoms. The Morgan fingerprint density at radius 1 is 1.33 bits per heavy atom. The second-order valence-electron chi connectivity index (χ2n) is 7.27. The molecule has 1 aromatic carbocycles. The van der Waals surface area contributed by atoms with Crippen LogP contribution in [-0.4, -0.2) is 59.3 Å². The summed E-state index contributed by atoms with van der Waals surface area (Å²) in [4.78, 5) is 11.6. The SMILES string of the molecule is CCNC(=NCCc1nc(-c2ccco2)n[nH]1)N1CCC(c2ccc(OC)cc2)C1. The fourth-order valence-corrected chi connectivity index (χ4v) is 3.72. The normalized spacial score (nSPS) is 16.8. The number of H-pyrrole nitrogens is 1. The number of methoxy groups -OCH3 is 1. The second-order valence-corrected chi connectivity index (χ2v) is 7.27. The van der Waals surface area contributed by atoms with Crippen LogP contribution in [0.3, 0.4) is 0 Å². The first kappa shape index (κ1) is 20.0. The van der Waals surface area contributed by atoms with Crippen LogP contribution < -0.4 is 10.1 Å². The number of aromatic nitrogens is 3. The summed E-state index contributed by atoms with van der Waals surface area (Å²) in [5.41, 5.74) is 1.35. The zero-order valence-electron chi connectivity index (χ0n) is 17.5. The molecule has 30 heavy (non-hydrogen) atoms. The number of benzene rings is 1. The molecule has 0 radical (unpaired) electrons. The van der Waals surface area contributed by atoms with E-state index in [2.05, 4.69) is 44.5 Å². The summed E-state index contributed by atoms with van der Waals surface area (Å²) >= 11 is 0. The molecular weight excluding hydrogens is 380 g/mol. The third kappa shape index (κ3) is 4.64. The van der Waals surface area contributed by atoms with Crippen molar-refractivity contribution in [3.63, 3.8) is 0 Å². The summed E-state index contributed by atoms with van der Waals surface area (Å²) in [6, 6.07) is 12.1. The van der Waals surface area contributed by atoms with Gasteiger partial charge in [-0.1, -0.05) is 12.1 Å². The minimum Gasteiger partial charge on any atom is -0.497 e. The van der Waals surface area contributed by atoms with Crippen molar-refractivity contribution in [2.24, 2.45) is 4.99 Å². The first-order valence-electron chi connectivity index (χ1n) is 10.4. The van der Waals surface area contributed by atoms with E-state index in [1.54, 1.807) is 13.4 Å². The molecule has 1 aliphatic heterocycles. The summed E-state index contributed by atoms with van der Waals surface area (Å²) in [5, 5.41) is 10.6. The summed E-state index contributed by atoms with van der Waals surface area (Å²) in [6.07, 6.45) is 3.43. The fraction of sp³-hybridized carbons (Fsp3) is 0.409. The summed E-state index contributed by atoms with van der Waals surface area (Å²) in [5.74, 6) is 4.40. The van der Waals surface area contributed by atoms with Gasteiger partial charge in [-0.2, -0.15) is 5.10 Å². The van der Waals surface area contributed by atoms with Crippen LogP contribution in [0.25, 0.3) is 11.6 Å². The third-order valence-electron chi connectivity index (χ3n) is 5.29. The lowest BCUT2D eigenvalue weighted by molar-refractivity contribution is 0.414. The van der Waals surface area contributed by atoms with Crippen molar-refractivity contribution in [3.8, 4) is 17.3 Å². The van der Waals surface area contributed by atoms with Gasteiger partial charge in [0.15, 0.2) is 11.7 Å². The standard InChI is InChI=1S/C22H28N6O2/c1-3-23-22(24-12-10-20-25-21(27-26-20)19-5-4-14-30-19)28-13-11-17(15-28)16-6-8-18(29-2)9-7-16/h4-9,14,17H,3,10-13,15H2,1-2H3,(H,23,24)(H,25,26,27). The van der Waals surface area contributed by atoms with E-state index < -0.39 is 0 Å². The van der Waals surface area contributed by atoms with Gasteiger partial charge in [0.2, 0.25) is 5.82 Å². The van der Waals surface area contributed by atoms with Gasteiger partial charge in [0.05, 0.1) is 13.4 Å². The number of furan rings is 1. The number of nitrogens with zero attached hydrogens (tertiary/aromatic N) is 4. The van der Waals surface area contributed by atoms with Crippen LogP contribution in [0.2, 0.25) is 0 Å². The number of guanidine groups is 1.